The summed E-state index contributed by atoms with van der Waals surface area (Å²) in [5.74, 6) is 1.48. The number of amides is 1. The average molecular weight is 301 g/mol. The monoisotopic (exact) mass is 300 g/mol. The first kappa shape index (κ1) is 16.1. The molecule has 0 aromatic carbocycles. The second-order valence-electron chi connectivity index (χ2n) is 7.00. The van der Waals surface area contributed by atoms with Crippen molar-refractivity contribution in [1.82, 2.24) is 4.90 Å². The summed E-state index contributed by atoms with van der Waals surface area (Å²) in [6.45, 7) is 1.04. The van der Waals surface area contributed by atoms with Crippen molar-refractivity contribution in [3.63, 3.8) is 0 Å². The van der Waals surface area contributed by atoms with Gasteiger partial charge in [0.05, 0.1) is 0 Å². The summed E-state index contributed by atoms with van der Waals surface area (Å²) in [6.07, 6.45) is 12.1. The third-order valence-electron chi connectivity index (χ3n) is 5.27. The van der Waals surface area contributed by atoms with Crippen molar-refractivity contribution >= 4 is 18.3 Å². The lowest BCUT2D eigenvalue weighted by Crippen LogP contribution is -2.45. The Labute approximate surface area is 129 Å². The summed E-state index contributed by atoms with van der Waals surface area (Å²) in [6, 6.07) is 0.807. The average Bonchev–Trinajstić information content (AvgIpc) is 3.16. The summed E-state index contributed by atoms with van der Waals surface area (Å²) < 4.78 is 0. The van der Waals surface area contributed by atoms with Gasteiger partial charge in [0.1, 0.15) is 0 Å². The number of rotatable bonds is 4. The van der Waals surface area contributed by atoms with Crippen LogP contribution in [0.4, 0.5) is 0 Å². The summed E-state index contributed by atoms with van der Waals surface area (Å²) in [7, 11) is 0. The summed E-state index contributed by atoms with van der Waals surface area (Å²) >= 11 is 0. The first-order chi connectivity index (χ1) is 9.24. The molecule has 0 spiro atoms. The zero-order valence-corrected chi connectivity index (χ0v) is 13.2. The summed E-state index contributed by atoms with van der Waals surface area (Å²) in [4.78, 5) is 15.1. The molecule has 0 heterocycles. The lowest BCUT2D eigenvalue weighted by atomic mass is 9.92. The van der Waals surface area contributed by atoms with Gasteiger partial charge in [0.15, 0.2) is 0 Å². The quantitative estimate of drug-likeness (QED) is 0.867. The van der Waals surface area contributed by atoms with Crippen molar-refractivity contribution in [3.05, 3.63) is 0 Å². The van der Waals surface area contributed by atoms with Crippen molar-refractivity contribution < 1.29 is 4.79 Å². The largest absolute Gasteiger partial charge is 0.339 e. The first-order valence-corrected chi connectivity index (χ1v) is 8.30. The van der Waals surface area contributed by atoms with Crippen molar-refractivity contribution in [2.45, 2.75) is 76.3 Å². The fourth-order valence-electron chi connectivity index (χ4n) is 3.87. The minimum absolute atomic E-state index is 0. The molecule has 2 atom stereocenters. The van der Waals surface area contributed by atoms with Crippen LogP contribution in [0.3, 0.4) is 0 Å². The summed E-state index contributed by atoms with van der Waals surface area (Å²) in [5, 5.41) is 0. The van der Waals surface area contributed by atoms with E-state index in [9.17, 15) is 4.79 Å². The standard InChI is InChI=1S/C16H28N2O.ClH/c17-14-9-8-13(10-14)16(19)18(11-12-6-7-12)15-4-2-1-3-5-15;/h12-15H,1-11,17H2;1H. The van der Waals surface area contributed by atoms with Gasteiger partial charge >= 0.3 is 0 Å². The Morgan fingerprint density at radius 3 is 2.25 bits per heavy atom. The van der Waals surface area contributed by atoms with Gasteiger partial charge in [0, 0.05) is 24.5 Å². The molecular weight excluding hydrogens is 272 g/mol. The number of hydrogen-bond acceptors (Lipinski definition) is 2. The predicted octanol–water partition coefficient (Wildman–Crippen LogP) is 3.11. The fourth-order valence-corrected chi connectivity index (χ4v) is 3.87. The molecule has 2 N–H and O–H groups in total. The molecule has 3 rings (SSSR count). The van der Waals surface area contributed by atoms with Gasteiger partial charge in [-0.15, -0.1) is 12.4 Å². The highest BCUT2D eigenvalue weighted by molar-refractivity contribution is 5.85. The van der Waals surface area contributed by atoms with Crippen LogP contribution < -0.4 is 5.73 Å². The molecule has 3 aliphatic carbocycles. The van der Waals surface area contributed by atoms with Crippen LogP contribution in [-0.4, -0.2) is 29.4 Å². The maximum atomic E-state index is 12.8. The third kappa shape index (κ3) is 3.88. The Kier molecular flexibility index (Phi) is 5.74. The zero-order valence-electron chi connectivity index (χ0n) is 12.4. The maximum absolute atomic E-state index is 12.8. The zero-order chi connectivity index (χ0) is 13.2. The molecule has 0 aromatic heterocycles. The van der Waals surface area contributed by atoms with Crippen molar-refractivity contribution in [2.75, 3.05) is 6.54 Å². The smallest absolute Gasteiger partial charge is 0.225 e. The van der Waals surface area contributed by atoms with Gasteiger partial charge in [-0.1, -0.05) is 19.3 Å². The van der Waals surface area contributed by atoms with Gasteiger partial charge < -0.3 is 10.6 Å². The van der Waals surface area contributed by atoms with Gasteiger partial charge in [-0.3, -0.25) is 4.79 Å². The van der Waals surface area contributed by atoms with E-state index >= 15 is 0 Å². The van der Waals surface area contributed by atoms with E-state index in [1.54, 1.807) is 0 Å². The molecule has 0 aromatic rings. The first-order valence-electron chi connectivity index (χ1n) is 8.30. The van der Waals surface area contributed by atoms with E-state index in [1.165, 1.54) is 44.9 Å². The van der Waals surface area contributed by atoms with Gasteiger partial charge in [0.25, 0.3) is 0 Å². The van der Waals surface area contributed by atoms with E-state index in [0.717, 1.165) is 31.7 Å². The third-order valence-corrected chi connectivity index (χ3v) is 5.27. The molecule has 20 heavy (non-hydrogen) atoms. The van der Waals surface area contributed by atoms with E-state index in [4.69, 9.17) is 5.73 Å². The molecule has 3 nitrogen and oxygen atoms in total. The lowest BCUT2D eigenvalue weighted by Gasteiger charge is -2.36. The van der Waals surface area contributed by atoms with E-state index in [1.807, 2.05) is 0 Å². The molecule has 0 saturated heterocycles. The molecular formula is C16H29ClN2O. The lowest BCUT2D eigenvalue weighted by molar-refractivity contribution is -0.138. The second-order valence-corrected chi connectivity index (χ2v) is 7.00. The topological polar surface area (TPSA) is 46.3 Å². The SMILES string of the molecule is Cl.NC1CCC(C(=O)N(CC2CC2)C2CCCCC2)C1. The number of halogens is 1. The normalized spacial score (nSPS) is 30.9. The predicted molar refractivity (Wildman–Crippen MR) is 83.9 cm³/mol. The van der Waals surface area contributed by atoms with Crippen LogP contribution in [0.25, 0.3) is 0 Å². The van der Waals surface area contributed by atoms with Gasteiger partial charge in [-0.05, 0) is 50.9 Å². The maximum Gasteiger partial charge on any atom is 0.225 e. The molecule has 3 fully saturated rings. The molecule has 3 aliphatic rings. The molecule has 0 bridgehead atoms. The van der Waals surface area contributed by atoms with Crippen LogP contribution in [-0.2, 0) is 4.79 Å². The van der Waals surface area contributed by atoms with Crippen LogP contribution in [0.15, 0.2) is 0 Å². The van der Waals surface area contributed by atoms with Crippen LogP contribution in [0.5, 0.6) is 0 Å². The highest BCUT2D eigenvalue weighted by Gasteiger charge is 2.37. The van der Waals surface area contributed by atoms with E-state index < -0.39 is 0 Å². The Balaban J connectivity index is 0.00000147. The van der Waals surface area contributed by atoms with Crippen molar-refractivity contribution in [1.29, 1.82) is 0 Å². The molecule has 116 valence electrons. The molecule has 3 saturated carbocycles. The van der Waals surface area contributed by atoms with Crippen LogP contribution in [0.2, 0.25) is 0 Å². The highest BCUT2D eigenvalue weighted by Crippen LogP contribution is 2.35. The van der Waals surface area contributed by atoms with Crippen LogP contribution in [0, 0.1) is 11.8 Å². The molecule has 4 heteroatoms. The number of nitrogens with two attached hydrogens (primary N) is 1. The molecule has 0 aliphatic heterocycles. The minimum Gasteiger partial charge on any atom is -0.339 e. The van der Waals surface area contributed by atoms with Gasteiger partial charge in [-0.2, -0.15) is 0 Å². The number of hydrogen-bond donors (Lipinski definition) is 1. The van der Waals surface area contributed by atoms with Crippen LogP contribution >= 0.6 is 12.4 Å². The fraction of sp³-hybridized carbons (Fsp3) is 0.938. The van der Waals surface area contributed by atoms with Crippen LogP contribution in [0.1, 0.15) is 64.2 Å². The van der Waals surface area contributed by atoms with E-state index in [-0.39, 0.29) is 24.4 Å². The van der Waals surface area contributed by atoms with Crippen molar-refractivity contribution in [3.8, 4) is 0 Å². The number of nitrogens with zero attached hydrogens (tertiary/aromatic N) is 1. The Hall–Kier alpha value is -0.280. The van der Waals surface area contributed by atoms with Gasteiger partial charge in [-0.25, -0.2) is 0 Å². The Morgan fingerprint density at radius 1 is 1.00 bits per heavy atom. The minimum atomic E-state index is 0. The second kappa shape index (κ2) is 7.13. The van der Waals surface area contributed by atoms with E-state index in [2.05, 4.69) is 4.90 Å². The van der Waals surface area contributed by atoms with Crippen molar-refractivity contribution in [2.24, 2.45) is 17.6 Å². The molecule has 2 unspecified atom stereocenters. The summed E-state index contributed by atoms with van der Waals surface area (Å²) in [5.41, 5.74) is 5.98. The van der Waals surface area contributed by atoms with Gasteiger partial charge in [0.2, 0.25) is 5.91 Å². The highest BCUT2D eigenvalue weighted by atomic mass is 35.5. The number of carbonyl (C=O) groups excluding carboxylic acids is 1. The molecule has 0 radical (unpaired) electrons. The number of carbonyl (C=O) groups is 1. The Morgan fingerprint density at radius 2 is 1.70 bits per heavy atom. The van der Waals surface area contributed by atoms with E-state index in [0.29, 0.717) is 11.9 Å². The molecule has 1 amide bonds. The Bertz CT molecular complexity index is 326.